The summed E-state index contributed by atoms with van der Waals surface area (Å²) in [5.74, 6) is 0. The molecule has 3 aromatic heterocycles. The summed E-state index contributed by atoms with van der Waals surface area (Å²) >= 11 is 6.14. The Hall–Kier alpha value is -1.57. The van der Waals surface area contributed by atoms with Crippen LogP contribution in [-0.4, -0.2) is 15.0 Å². The monoisotopic (exact) mass is 462 g/mol. The van der Waals surface area contributed by atoms with Crippen LogP contribution in [0.15, 0.2) is 60.9 Å². The fourth-order valence-electron chi connectivity index (χ4n) is 1.80. The van der Waals surface area contributed by atoms with Crippen LogP contribution >= 0.6 is 11.6 Å². The van der Waals surface area contributed by atoms with Crippen molar-refractivity contribution in [3.05, 3.63) is 65.9 Å². The predicted octanol–water partition coefficient (Wildman–Crippen LogP) is 3.86. The molecule has 5 heteroatoms. The maximum absolute atomic E-state index is 6.14. The molecular formula is C15H10ClN3Pt. The summed E-state index contributed by atoms with van der Waals surface area (Å²) in [6.07, 6.45) is 3.45. The Labute approximate surface area is 136 Å². The van der Waals surface area contributed by atoms with Crippen molar-refractivity contribution in [1.82, 2.24) is 15.0 Å². The molecule has 3 heterocycles. The minimum absolute atomic E-state index is 0. The third-order valence-electron chi connectivity index (χ3n) is 2.68. The SMILES string of the molecule is Clc1cccnc1-c1cccc(-c2ccccn2)n1.[Pt]. The van der Waals surface area contributed by atoms with Crippen molar-refractivity contribution >= 4 is 11.6 Å². The average Bonchev–Trinajstić information content (AvgIpc) is 2.49. The van der Waals surface area contributed by atoms with E-state index in [2.05, 4.69) is 15.0 Å². The van der Waals surface area contributed by atoms with Crippen LogP contribution in [-0.2, 0) is 21.1 Å². The van der Waals surface area contributed by atoms with Crippen LogP contribution in [0.3, 0.4) is 0 Å². The first-order valence-corrected chi connectivity index (χ1v) is 6.22. The Bertz CT molecular complexity index is 704. The maximum atomic E-state index is 6.14. The predicted molar refractivity (Wildman–Crippen MR) is 75.7 cm³/mol. The molecule has 0 unspecified atom stereocenters. The number of rotatable bonds is 2. The number of halogens is 1. The molecule has 0 spiro atoms. The molecule has 0 atom stereocenters. The normalized spacial score (nSPS) is 9.85. The zero-order valence-electron chi connectivity index (χ0n) is 10.3. The van der Waals surface area contributed by atoms with Crippen LogP contribution in [0.1, 0.15) is 0 Å². The van der Waals surface area contributed by atoms with Crippen molar-refractivity contribution < 1.29 is 21.1 Å². The van der Waals surface area contributed by atoms with E-state index in [1.54, 1.807) is 24.5 Å². The number of hydrogen-bond donors (Lipinski definition) is 0. The van der Waals surface area contributed by atoms with Gasteiger partial charge in [0.1, 0.15) is 5.69 Å². The smallest absolute Gasteiger partial charge is 0.107 e. The fourth-order valence-corrected chi connectivity index (χ4v) is 2.02. The first-order chi connectivity index (χ1) is 9.34. The van der Waals surface area contributed by atoms with Gasteiger partial charge in [-0.2, -0.15) is 0 Å². The molecule has 0 aromatic carbocycles. The molecule has 0 aliphatic carbocycles. The van der Waals surface area contributed by atoms with Crippen molar-refractivity contribution in [1.29, 1.82) is 0 Å². The summed E-state index contributed by atoms with van der Waals surface area (Å²) in [5, 5.41) is 0.591. The van der Waals surface area contributed by atoms with Crippen molar-refractivity contribution in [2.24, 2.45) is 0 Å². The van der Waals surface area contributed by atoms with Crippen LogP contribution in [0.5, 0.6) is 0 Å². The second-order valence-electron chi connectivity index (χ2n) is 3.96. The van der Waals surface area contributed by atoms with Crippen LogP contribution in [0.25, 0.3) is 22.8 Å². The van der Waals surface area contributed by atoms with E-state index >= 15 is 0 Å². The summed E-state index contributed by atoms with van der Waals surface area (Å²) in [4.78, 5) is 13.1. The van der Waals surface area contributed by atoms with Gasteiger partial charge in [0.05, 0.1) is 22.1 Å². The Morgan fingerprint density at radius 1 is 0.700 bits per heavy atom. The third kappa shape index (κ3) is 3.12. The zero-order valence-corrected chi connectivity index (χ0v) is 13.3. The number of pyridine rings is 3. The van der Waals surface area contributed by atoms with Gasteiger partial charge in [-0.25, -0.2) is 4.98 Å². The van der Waals surface area contributed by atoms with Gasteiger partial charge >= 0.3 is 0 Å². The second-order valence-corrected chi connectivity index (χ2v) is 4.36. The van der Waals surface area contributed by atoms with E-state index in [0.717, 1.165) is 17.1 Å². The minimum atomic E-state index is 0. The molecular weight excluding hydrogens is 453 g/mol. The van der Waals surface area contributed by atoms with Gasteiger partial charge < -0.3 is 0 Å². The molecule has 0 fully saturated rings. The molecule has 102 valence electrons. The summed E-state index contributed by atoms with van der Waals surface area (Å²) in [6, 6.07) is 15.1. The van der Waals surface area contributed by atoms with Gasteiger partial charge in [-0.15, -0.1) is 0 Å². The minimum Gasteiger partial charge on any atom is -0.255 e. The van der Waals surface area contributed by atoms with Crippen LogP contribution < -0.4 is 0 Å². The van der Waals surface area contributed by atoms with Gasteiger partial charge in [-0.1, -0.05) is 23.7 Å². The third-order valence-corrected chi connectivity index (χ3v) is 2.98. The number of hydrogen-bond acceptors (Lipinski definition) is 3. The molecule has 20 heavy (non-hydrogen) atoms. The van der Waals surface area contributed by atoms with E-state index in [4.69, 9.17) is 11.6 Å². The maximum Gasteiger partial charge on any atom is 0.107 e. The second kappa shape index (κ2) is 6.73. The topological polar surface area (TPSA) is 38.7 Å². The Balaban J connectivity index is 0.00000147. The average molecular weight is 463 g/mol. The Morgan fingerprint density at radius 3 is 2.20 bits per heavy atom. The largest absolute Gasteiger partial charge is 0.255 e. The van der Waals surface area contributed by atoms with E-state index in [0.29, 0.717) is 10.7 Å². The van der Waals surface area contributed by atoms with Crippen LogP contribution in [0.2, 0.25) is 5.02 Å². The van der Waals surface area contributed by atoms with Crippen molar-refractivity contribution in [2.45, 2.75) is 0 Å². The molecule has 3 nitrogen and oxygen atoms in total. The number of nitrogens with zero attached hydrogens (tertiary/aromatic N) is 3. The molecule has 0 aliphatic heterocycles. The quantitative estimate of drug-likeness (QED) is 0.580. The molecule has 0 saturated carbocycles. The van der Waals surface area contributed by atoms with Gasteiger partial charge in [0.15, 0.2) is 0 Å². The van der Waals surface area contributed by atoms with Gasteiger partial charge in [0.25, 0.3) is 0 Å². The molecule has 3 rings (SSSR count). The fraction of sp³-hybridized carbons (Fsp3) is 0. The van der Waals surface area contributed by atoms with Crippen LogP contribution in [0, 0.1) is 0 Å². The van der Waals surface area contributed by atoms with Crippen LogP contribution in [0.4, 0.5) is 0 Å². The van der Waals surface area contributed by atoms with Gasteiger partial charge in [-0.3, -0.25) is 9.97 Å². The summed E-state index contributed by atoms with van der Waals surface area (Å²) in [7, 11) is 0. The molecule has 3 aromatic rings. The first-order valence-electron chi connectivity index (χ1n) is 5.84. The summed E-state index contributed by atoms with van der Waals surface area (Å²) < 4.78 is 0. The Morgan fingerprint density at radius 2 is 1.45 bits per heavy atom. The summed E-state index contributed by atoms with van der Waals surface area (Å²) in [5.41, 5.74) is 3.06. The number of aromatic nitrogens is 3. The van der Waals surface area contributed by atoms with Crippen molar-refractivity contribution in [2.75, 3.05) is 0 Å². The Kier molecular flexibility index (Phi) is 4.99. The standard InChI is InChI=1S/C15H10ClN3.Pt/c16-11-5-4-10-18-15(11)14-8-3-7-13(19-14)12-6-1-2-9-17-12;/h1-10H;. The molecule has 0 saturated heterocycles. The summed E-state index contributed by atoms with van der Waals surface area (Å²) in [6.45, 7) is 0. The van der Waals surface area contributed by atoms with Crippen molar-refractivity contribution in [3.8, 4) is 22.8 Å². The van der Waals surface area contributed by atoms with Gasteiger partial charge in [-0.05, 0) is 36.4 Å². The first kappa shape index (κ1) is 14.8. The molecule has 0 radical (unpaired) electrons. The van der Waals surface area contributed by atoms with E-state index in [-0.39, 0.29) is 21.1 Å². The van der Waals surface area contributed by atoms with Crippen molar-refractivity contribution in [3.63, 3.8) is 0 Å². The molecule has 0 amide bonds. The molecule has 0 aliphatic rings. The zero-order chi connectivity index (χ0) is 13.1. The molecule has 0 N–H and O–H groups in total. The van der Waals surface area contributed by atoms with Gasteiger partial charge in [0.2, 0.25) is 0 Å². The van der Waals surface area contributed by atoms with E-state index in [1.165, 1.54) is 0 Å². The van der Waals surface area contributed by atoms with E-state index < -0.39 is 0 Å². The van der Waals surface area contributed by atoms with Gasteiger partial charge in [0, 0.05) is 33.5 Å². The molecule has 0 bridgehead atoms. The van der Waals surface area contributed by atoms with E-state index in [1.807, 2.05) is 36.4 Å². The van der Waals surface area contributed by atoms with E-state index in [9.17, 15) is 0 Å².